The van der Waals surface area contributed by atoms with Crippen LogP contribution in [-0.4, -0.2) is 12.6 Å². The van der Waals surface area contributed by atoms with Crippen LogP contribution >= 0.6 is 0 Å². The molecule has 5 nitrogen and oxygen atoms in total. The number of aryl methyl sites for hydroxylation is 1. The number of carbonyl (C=O) groups excluding carboxylic acids is 1. The minimum Gasteiger partial charge on any atom is -0.455 e. The fourth-order valence-corrected chi connectivity index (χ4v) is 3.62. The first-order chi connectivity index (χ1) is 16.5. The van der Waals surface area contributed by atoms with Crippen molar-refractivity contribution in [1.29, 1.82) is 0 Å². The number of nitrogens with one attached hydrogen (secondary N) is 3. The zero-order valence-electron chi connectivity index (χ0n) is 18.0. The van der Waals surface area contributed by atoms with Crippen LogP contribution in [0.4, 0.5) is 48.2 Å². The standard InChI is InChI=1S/C24H19F6N3O2/c25-23(26,27)15-11-16(24(28,29)30)13-18(12-15)33-22(34)32-17-6-8-19(9-7-17)35-20-5-1-3-14-4-2-10-31-21(14)20/h1,3,5-9,11-13,31H,2,4,10H2,(H2,32,33,34). The van der Waals surface area contributed by atoms with E-state index in [1.54, 1.807) is 12.1 Å². The van der Waals surface area contributed by atoms with Gasteiger partial charge >= 0.3 is 18.4 Å². The molecule has 0 aromatic heterocycles. The number of para-hydroxylation sites is 1. The lowest BCUT2D eigenvalue weighted by Gasteiger charge is -2.21. The third kappa shape index (κ3) is 5.97. The Kier molecular flexibility index (Phi) is 6.51. The van der Waals surface area contributed by atoms with Crippen LogP contribution in [0.5, 0.6) is 11.5 Å². The van der Waals surface area contributed by atoms with Gasteiger partial charge < -0.3 is 20.7 Å². The van der Waals surface area contributed by atoms with Crippen LogP contribution in [0.3, 0.4) is 0 Å². The molecule has 2 amide bonds. The minimum atomic E-state index is -5.02. The number of halogens is 6. The Hall–Kier alpha value is -3.89. The molecule has 3 aromatic carbocycles. The molecular formula is C24H19F6N3O2. The number of rotatable bonds is 4. The van der Waals surface area contributed by atoms with Crippen molar-refractivity contribution in [1.82, 2.24) is 0 Å². The molecule has 0 saturated heterocycles. The molecule has 3 aromatic rings. The topological polar surface area (TPSA) is 62.4 Å². The van der Waals surface area contributed by atoms with Crippen molar-refractivity contribution in [2.45, 2.75) is 25.2 Å². The third-order valence-electron chi connectivity index (χ3n) is 5.22. The quantitative estimate of drug-likeness (QED) is 0.328. The molecule has 35 heavy (non-hydrogen) atoms. The summed E-state index contributed by atoms with van der Waals surface area (Å²) in [5.41, 5.74) is -1.38. The van der Waals surface area contributed by atoms with Gasteiger partial charge in [0.1, 0.15) is 5.75 Å². The summed E-state index contributed by atoms with van der Waals surface area (Å²) in [6.45, 7) is 0.835. The SMILES string of the molecule is O=C(Nc1ccc(Oc2cccc3c2NCCC3)cc1)Nc1cc(C(F)(F)F)cc(C(F)(F)F)c1. The fourth-order valence-electron chi connectivity index (χ4n) is 3.62. The number of ether oxygens (including phenoxy) is 1. The molecular weight excluding hydrogens is 476 g/mol. The summed E-state index contributed by atoms with van der Waals surface area (Å²) in [5.74, 6) is 1.12. The second kappa shape index (κ2) is 9.40. The highest BCUT2D eigenvalue weighted by molar-refractivity contribution is 5.99. The fraction of sp³-hybridized carbons (Fsp3) is 0.208. The molecule has 1 aliphatic rings. The van der Waals surface area contributed by atoms with Crippen molar-refractivity contribution in [3.05, 3.63) is 77.4 Å². The van der Waals surface area contributed by atoms with Gasteiger partial charge in [-0.25, -0.2) is 4.79 Å². The highest BCUT2D eigenvalue weighted by Gasteiger charge is 2.37. The van der Waals surface area contributed by atoms with Crippen LogP contribution in [-0.2, 0) is 18.8 Å². The molecule has 4 rings (SSSR count). The smallest absolute Gasteiger partial charge is 0.416 e. The summed E-state index contributed by atoms with van der Waals surface area (Å²) in [4.78, 5) is 12.2. The number of anilines is 3. The van der Waals surface area contributed by atoms with Crippen molar-refractivity contribution in [2.24, 2.45) is 0 Å². The van der Waals surface area contributed by atoms with E-state index >= 15 is 0 Å². The van der Waals surface area contributed by atoms with Gasteiger partial charge in [0, 0.05) is 17.9 Å². The molecule has 1 aliphatic heterocycles. The van der Waals surface area contributed by atoms with E-state index < -0.39 is 35.2 Å². The van der Waals surface area contributed by atoms with Crippen molar-refractivity contribution in [3.63, 3.8) is 0 Å². The molecule has 0 radical (unpaired) electrons. The van der Waals surface area contributed by atoms with Gasteiger partial charge in [0.25, 0.3) is 0 Å². The first-order valence-corrected chi connectivity index (χ1v) is 10.5. The number of benzene rings is 3. The number of hydrogen-bond donors (Lipinski definition) is 3. The lowest BCUT2D eigenvalue weighted by atomic mass is 10.0. The second-order valence-electron chi connectivity index (χ2n) is 7.82. The van der Waals surface area contributed by atoms with E-state index in [0.29, 0.717) is 23.6 Å². The van der Waals surface area contributed by atoms with E-state index in [-0.39, 0.29) is 11.8 Å². The van der Waals surface area contributed by atoms with Gasteiger partial charge in [-0.05, 0) is 66.9 Å². The van der Waals surface area contributed by atoms with Crippen molar-refractivity contribution in [3.8, 4) is 11.5 Å². The molecule has 0 unspecified atom stereocenters. The molecule has 0 spiro atoms. The van der Waals surface area contributed by atoms with Crippen LogP contribution < -0.4 is 20.7 Å². The van der Waals surface area contributed by atoms with Crippen LogP contribution in [0.1, 0.15) is 23.1 Å². The largest absolute Gasteiger partial charge is 0.455 e. The van der Waals surface area contributed by atoms with Crippen LogP contribution in [0.25, 0.3) is 0 Å². The number of alkyl halides is 6. The first kappa shape index (κ1) is 24.2. The van der Waals surface area contributed by atoms with E-state index in [1.165, 1.54) is 12.1 Å². The average molecular weight is 495 g/mol. The summed E-state index contributed by atoms with van der Waals surface area (Å²) in [6.07, 6.45) is -8.07. The van der Waals surface area contributed by atoms with Crippen LogP contribution in [0.15, 0.2) is 60.7 Å². The monoisotopic (exact) mass is 495 g/mol. The molecule has 3 N–H and O–H groups in total. The van der Waals surface area contributed by atoms with Gasteiger partial charge in [0.2, 0.25) is 0 Å². The minimum absolute atomic E-state index is 0.0127. The number of fused-ring (bicyclic) bond motifs is 1. The van der Waals surface area contributed by atoms with Crippen LogP contribution in [0, 0.1) is 0 Å². The average Bonchev–Trinajstić information content (AvgIpc) is 2.79. The van der Waals surface area contributed by atoms with E-state index in [2.05, 4.69) is 10.6 Å². The van der Waals surface area contributed by atoms with Gasteiger partial charge in [-0.3, -0.25) is 0 Å². The summed E-state index contributed by atoms with van der Waals surface area (Å²) in [7, 11) is 0. The first-order valence-electron chi connectivity index (χ1n) is 10.5. The molecule has 0 atom stereocenters. The zero-order valence-corrected chi connectivity index (χ0v) is 18.0. The lowest BCUT2D eigenvalue weighted by molar-refractivity contribution is -0.143. The Labute approximate surface area is 196 Å². The lowest BCUT2D eigenvalue weighted by Crippen LogP contribution is -2.20. The Morgan fingerprint density at radius 1 is 0.829 bits per heavy atom. The number of amides is 2. The van der Waals surface area contributed by atoms with Crippen molar-refractivity contribution < 1.29 is 35.9 Å². The molecule has 11 heteroatoms. The van der Waals surface area contributed by atoms with E-state index in [1.807, 2.05) is 23.5 Å². The van der Waals surface area contributed by atoms with E-state index in [9.17, 15) is 31.1 Å². The predicted molar refractivity (Wildman–Crippen MR) is 119 cm³/mol. The maximum absolute atomic E-state index is 13.0. The second-order valence-corrected chi connectivity index (χ2v) is 7.82. The molecule has 0 fully saturated rings. The predicted octanol–water partition coefficient (Wildman–Crippen LogP) is 7.52. The zero-order chi connectivity index (χ0) is 25.2. The molecule has 1 heterocycles. The highest BCUT2D eigenvalue weighted by Crippen LogP contribution is 2.38. The maximum Gasteiger partial charge on any atom is 0.416 e. The molecule has 0 aliphatic carbocycles. The van der Waals surface area contributed by atoms with Crippen molar-refractivity contribution in [2.75, 3.05) is 22.5 Å². The van der Waals surface area contributed by atoms with Gasteiger partial charge in [0.15, 0.2) is 5.75 Å². The molecule has 184 valence electrons. The van der Waals surface area contributed by atoms with Gasteiger partial charge in [-0.15, -0.1) is 0 Å². The summed E-state index contributed by atoms with van der Waals surface area (Å²) < 4.78 is 83.9. The maximum atomic E-state index is 13.0. The van der Waals surface area contributed by atoms with Crippen LogP contribution in [0.2, 0.25) is 0 Å². The summed E-state index contributed by atoms with van der Waals surface area (Å²) >= 11 is 0. The third-order valence-corrected chi connectivity index (χ3v) is 5.22. The summed E-state index contributed by atoms with van der Waals surface area (Å²) in [6, 6.07) is 11.7. The van der Waals surface area contributed by atoms with E-state index in [4.69, 9.17) is 4.74 Å². The Morgan fingerprint density at radius 3 is 2.09 bits per heavy atom. The van der Waals surface area contributed by atoms with Gasteiger partial charge in [-0.1, -0.05) is 12.1 Å². The normalized spacial score (nSPS) is 13.4. The Bertz CT molecular complexity index is 1190. The highest BCUT2D eigenvalue weighted by atomic mass is 19.4. The summed E-state index contributed by atoms with van der Waals surface area (Å²) in [5, 5.41) is 7.69. The number of carbonyl (C=O) groups is 1. The number of hydrogen-bond acceptors (Lipinski definition) is 3. The van der Waals surface area contributed by atoms with Gasteiger partial charge in [-0.2, -0.15) is 26.3 Å². The Balaban J connectivity index is 1.44. The van der Waals surface area contributed by atoms with Gasteiger partial charge in [0.05, 0.1) is 16.8 Å². The van der Waals surface area contributed by atoms with E-state index in [0.717, 1.165) is 30.6 Å². The number of urea groups is 1. The molecule has 0 bridgehead atoms. The molecule has 0 saturated carbocycles. The Morgan fingerprint density at radius 2 is 1.46 bits per heavy atom. The van der Waals surface area contributed by atoms with Crippen molar-refractivity contribution >= 4 is 23.1 Å².